The lowest BCUT2D eigenvalue weighted by molar-refractivity contribution is -0.106. The summed E-state index contributed by atoms with van der Waals surface area (Å²) in [5.41, 5.74) is 2.03. The summed E-state index contributed by atoms with van der Waals surface area (Å²) in [6, 6.07) is 15.7. The maximum absolute atomic E-state index is 3.21. The van der Waals surface area contributed by atoms with Gasteiger partial charge in [0.2, 0.25) is 0 Å². The first-order valence-corrected chi connectivity index (χ1v) is 18.4. The van der Waals surface area contributed by atoms with Crippen LogP contribution in [0.1, 0.15) is 136 Å². The molecule has 1 aromatic rings. The zero-order valence-corrected chi connectivity index (χ0v) is 26.6. The maximum atomic E-state index is 3.21. The molecule has 0 amide bonds. The number of anilines is 1. The van der Waals surface area contributed by atoms with Gasteiger partial charge in [0.1, 0.15) is 0 Å². The summed E-state index contributed by atoms with van der Waals surface area (Å²) in [6.07, 6.45) is 32.3. The minimum Gasteiger partial charge on any atom is -0.365 e. The van der Waals surface area contributed by atoms with Crippen LogP contribution in [0.3, 0.4) is 0 Å². The van der Waals surface area contributed by atoms with E-state index in [0.717, 1.165) is 53.9 Å². The zero-order valence-electron chi connectivity index (χ0n) is 26.6. The molecule has 2 nitrogen and oxygen atoms in total. The number of para-hydroxylation sites is 1. The standard InChI is InChI=1S/C39H60N2/c1-39(2)26-25-35-37(41(32-19-11-5-12-20-32)33-21-13-6-14-22-33)24-23-29-27-34(28-36(39)38(29)35)40(30-15-7-3-8-16-30)31-17-9-4-10-18-31/h3,5,7,11-12,19-20,29-31,33-38H,4,6,8-10,13-18,21-28H2,1-2H3. The van der Waals surface area contributed by atoms with E-state index in [2.05, 4.69) is 66.1 Å². The molecule has 0 heterocycles. The van der Waals surface area contributed by atoms with Crippen LogP contribution in [0.2, 0.25) is 0 Å². The summed E-state index contributed by atoms with van der Waals surface area (Å²) >= 11 is 0. The second-order valence-electron chi connectivity index (χ2n) is 16.1. The minimum atomic E-state index is 0.493. The van der Waals surface area contributed by atoms with E-state index >= 15 is 0 Å². The maximum Gasteiger partial charge on any atom is 0.0371 e. The molecule has 1 aromatic carbocycles. The first-order chi connectivity index (χ1) is 20.1. The first-order valence-electron chi connectivity index (χ1n) is 18.4. The number of rotatable bonds is 6. The molecule has 6 aliphatic rings. The highest BCUT2D eigenvalue weighted by Crippen LogP contribution is 2.60. The van der Waals surface area contributed by atoms with Crippen LogP contribution in [0.25, 0.3) is 0 Å². The molecule has 2 heteroatoms. The van der Waals surface area contributed by atoms with E-state index in [1.54, 1.807) is 0 Å². The Balaban J connectivity index is 1.18. The lowest BCUT2D eigenvalue weighted by atomic mass is 9.47. The molecule has 0 aromatic heterocycles. The average Bonchev–Trinajstić information content (AvgIpc) is 3.02. The summed E-state index contributed by atoms with van der Waals surface area (Å²) in [4.78, 5) is 6.24. The van der Waals surface area contributed by atoms with Crippen LogP contribution in [0.15, 0.2) is 42.5 Å². The third-order valence-electron chi connectivity index (χ3n) is 13.5. The van der Waals surface area contributed by atoms with Crippen LogP contribution in [0, 0.1) is 29.1 Å². The van der Waals surface area contributed by atoms with Gasteiger partial charge in [0.05, 0.1) is 0 Å². The molecule has 7 rings (SSSR count). The molecule has 0 saturated heterocycles. The molecular weight excluding hydrogens is 496 g/mol. The fourth-order valence-corrected chi connectivity index (χ4v) is 11.7. The van der Waals surface area contributed by atoms with Crippen molar-refractivity contribution in [1.29, 1.82) is 0 Å². The van der Waals surface area contributed by atoms with Gasteiger partial charge in [0.25, 0.3) is 0 Å². The molecule has 0 spiro atoms. The second-order valence-corrected chi connectivity index (χ2v) is 16.1. The highest BCUT2D eigenvalue weighted by atomic mass is 15.2. The molecule has 5 fully saturated rings. The number of nitrogens with zero attached hydrogens (tertiary/aromatic N) is 2. The van der Waals surface area contributed by atoms with E-state index in [0.29, 0.717) is 5.41 Å². The molecule has 0 bridgehead atoms. The van der Waals surface area contributed by atoms with Gasteiger partial charge in [-0.2, -0.15) is 0 Å². The summed E-state index contributed by atoms with van der Waals surface area (Å²) in [5.74, 6) is 3.70. The Morgan fingerprint density at radius 1 is 0.659 bits per heavy atom. The Morgan fingerprint density at radius 3 is 2.10 bits per heavy atom. The zero-order chi connectivity index (χ0) is 27.8. The number of benzene rings is 1. The van der Waals surface area contributed by atoms with E-state index in [4.69, 9.17) is 0 Å². The summed E-state index contributed by atoms with van der Waals surface area (Å²) in [5, 5.41) is 0. The highest BCUT2D eigenvalue weighted by Gasteiger charge is 2.56. The predicted molar refractivity (Wildman–Crippen MR) is 174 cm³/mol. The van der Waals surface area contributed by atoms with Gasteiger partial charge in [-0.3, -0.25) is 4.90 Å². The van der Waals surface area contributed by atoms with E-state index in [9.17, 15) is 0 Å². The van der Waals surface area contributed by atoms with Crippen LogP contribution in [0.5, 0.6) is 0 Å². The molecule has 7 unspecified atom stereocenters. The van der Waals surface area contributed by atoms with E-state index in [1.165, 1.54) is 128 Å². The van der Waals surface area contributed by atoms with Crippen molar-refractivity contribution in [2.45, 2.75) is 166 Å². The van der Waals surface area contributed by atoms with Crippen molar-refractivity contribution in [2.75, 3.05) is 4.90 Å². The smallest absolute Gasteiger partial charge is 0.0371 e. The molecule has 0 radical (unpaired) electrons. The average molecular weight is 557 g/mol. The SMILES string of the molecule is CC1(C)CCC2C3C(CCC2N(c2ccccc2)C2CCCCC2)CC(N(C2CC=CCC2)C2CCCCC2)CC31. The van der Waals surface area contributed by atoms with Crippen LogP contribution in [0.4, 0.5) is 5.69 Å². The molecular formula is C39H60N2. The fraction of sp³-hybridized carbons (Fsp3) is 0.795. The van der Waals surface area contributed by atoms with Crippen molar-refractivity contribution in [3.8, 4) is 0 Å². The van der Waals surface area contributed by atoms with Crippen molar-refractivity contribution in [1.82, 2.24) is 4.90 Å². The molecule has 6 aliphatic carbocycles. The van der Waals surface area contributed by atoms with Crippen LogP contribution >= 0.6 is 0 Å². The van der Waals surface area contributed by atoms with E-state index in [1.807, 2.05) is 0 Å². The van der Waals surface area contributed by atoms with Crippen molar-refractivity contribution < 1.29 is 0 Å². The van der Waals surface area contributed by atoms with Gasteiger partial charge in [-0.15, -0.1) is 0 Å². The highest BCUT2D eigenvalue weighted by molar-refractivity contribution is 5.49. The Bertz CT molecular complexity index is 1000. The first kappa shape index (κ1) is 28.5. The molecule has 0 aliphatic heterocycles. The lowest BCUT2D eigenvalue weighted by Gasteiger charge is -2.63. The van der Waals surface area contributed by atoms with Gasteiger partial charge in [-0.25, -0.2) is 0 Å². The monoisotopic (exact) mass is 556 g/mol. The molecule has 226 valence electrons. The third kappa shape index (κ3) is 5.70. The van der Waals surface area contributed by atoms with Crippen molar-refractivity contribution in [2.24, 2.45) is 29.1 Å². The number of hydrogen-bond donors (Lipinski definition) is 0. The van der Waals surface area contributed by atoms with Gasteiger partial charge in [-0.05, 0) is 125 Å². The quantitative estimate of drug-likeness (QED) is 0.322. The van der Waals surface area contributed by atoms with Gasteiger partial charge in [0, 0.05) is 35.9 Å². The summed E-state index contributed by atoms with van der Waals surface area (Å²) < 4.78 is 0. The topological polar surface area (TPSA) is 6.48 Å². The molecule has 7 atom stereocenters. The minimum absolute atomic E-state index is 0.493. The van der Waals surface area contributed by atoms with Crippen LogP contribution in [-0.2, 0) is 0 Å². The normalized spacial score (nSPS) is 38.0. The Hall–Kier alpha value is -1.28. The third-order valence-corrected chi connectivity index (χ3v) is 13.5. The van der Waals surface area contributed by atoms with Gasteiger partial charge in [0.15, 0.2) is 0 Å². The largest absolute Gasteiger partial charge is 0.365 e. The van der Waals surface area contributed by atoms with E-state index in [-0.39, 0.29) is 0 Å². The Kier molecular flexibility index (Phi) is 8.60. The summed E-state index contributed by atoms with van der Waals surface area (Å²) in [6.45, 7) is 5.36. The molecule has 0 N–H and O–H groups in total. The number of allylic oxidation sites excluding steroid dienone is 1. The van der Waals surface area contributed by atoms with Crippen molar-refractivity contribution in [3.63, 3.8) is 0 Å². The van der Waals surface area contributed by atoms with Gasteiger partial charge < -0.3 is 4.90 Å². The van der Waals surface area contributed by atoms with Gasteiger partial charge >= 0.3 is 0 Å². The van der Waals surface area contributed by atoms with E-state index < -0.39 is 0 Å². The lowest BCUT2D eigenvalue weighted by Crippen LogP contribution is -2.62. The van der Waals surface area contributed by atoms with Gasteiger partial charge in [-0.1, -0.05) is 82.7 Å². The molecule has 5 saturated carbocycles. The fourth-order valence-electron chi connectivity index (χ4n) is 11.7. The number of hydrogen-bond acceptors (Lipinski definition) is 2. The predicted octanol–water partition coefficient (Wildman–Crippen LogP) is 10.2. The van der Waals surface area contributed by atoms with Crippen LogP contribution < -0.4 is 4.90 Å². The summed E-state index contributed by atoms with van der Waals surface area (Å²) in [7, 11) is 0. The Labute approximate surface area is 252 Å². The van der Waals surface area contributed by atoms with Crippen molar-refractivity contribution >= 4 is 5.69 Å². The van der Waals surface area contributed by atoms with Crippen LogP contribution in [-0.4, -0.2) is 35.1 Å². The molecule has 41 heavy (non-hydrogen) atoms. The second kappa shape index (κ2) is 12.4. The van der Waals surface area contributed by atoms with Crippen molar-refractivity contribution in [3.05, 3.63) is 42.5 Å². The Morgan fingerprint density at radius 2 is 1.39 bits per heavy atom.